The maximum atomic E-state index is 12.9. The van der Waals surface area contributed by atoms with Gasteiger partial charge >= 0.3 is 0 Å². The summed E-state index contributed by atoms with van der Waals surface area (Å²) in [6.07, 6.45) is 0. The molecule has 0 amide bonds. The third-order valence-electron chi connectivity index (χ3n) is 1.99. The van der Waals surface area contributed by atoms with Gasteiger partial charge in [-0.25, -0.2) is 4.39 Å². The van der Waals surface area contributed by atoms with Crippen LogP contribution in [0.15, 0.2) is 18.2 Å². The maximum absolute atomic E-state index is 12.9. The van der Waals surface area contributed by atoms with Gasteiger partial charge in [0.1, 0.15) is 5.82 Å². The molecule has 0 bridgehead atoms. The van der Waals surface area contributed by atoms with Gasteiger partial charge in [-0.1, -0.05) is 6.92 Å². The van der Waals surface area contributed by atoms with Crippen molar-refractivity contribution in [2.24, 2.45) is 0 Å². The van der Waals surface area contributed by atoms with E-state index in [0.717, 1.165) is 5.75 Å². The largest absolute Gasteiger partial charge is 0.387 e. The first-order valence-corrected chi connectivity index (χ1v) is 5.92. The smallest absolute Gasteiger partial charge is 0.174 e. The molecule has 0 radical (unpaired) electrons. The summed E-state index contributed by atoms with van der Waals surface area (Å²) in [5.41, 5.74) is 1.11. The molecular formula is C11H14FNOS. The van der Waals surface area contributed by atoms with Crippen molar-refractivity contribution in [3.63, 3.8) is 0 Å². The SMILES string of the molecule is CCSCC(=O)c1ccc(F)cc1NC. The fourth-order valence-corrected chi connectivity index (χ4v) is 1.78. The number of ketones is 1. The first kappa shape index (κ1) is 12.0. The average molecular weight is 227 g/mol. The molecule has 1 N–H and O–H groups in total. The van der Waals surface area contributed by atoms with Crippen LogP contribution < -0.4 is 5.32 Å². The highest BCUT2D eigenvalue weighted by atomic mass is 32.2. The van der Waals surface area contributed by atoms with Crippen molar-refractivity contribution in [3.05, 3.63) is 29.6 Å². The molecule has 0 heterocycles. The molecule has 0 aromatic heterocycles. The zero-order valence-electron chi connectivity index (χ0n) is 8.84. The van der Waals surface area contributed by atoms with Crippen LogP contribution in [-0.2, 0) is 0 Å². The summed E-state index contributed by atoms with van der Waals surface area (Å²) in [4.78, 5) is 11.7. The number of hydrogen-bond donors (Lipinski definition) is 1. The average Bonchev–Trinajstić information content (AvgIpc) is 2.25. The number of thioether (sulfide) groups is 1. The molecule has 82 valence electrons. The normalized spacial score (nSPS) is 10.1. The van der Waals surface area contributed by atoms with E-state index in [4.69, 9.17) is 0 Å². The summed E-state index contributed by atoms with van der Waals surface area (Å²) in [5.74, 6) is 1.05. The van der Waals surface area contributed by atoms with Crippen molar-refractivity contribution in [1.29, 1.82) is 0 Å². The molecule has 1 aromatic carbocycles. The Balaban J connectivity index is 2.87. The van der Waals surface area contributed by atoms with Gasteiger partial charge in [0.2, 0.25) is 0 Å². The predicted octanol–water partition coefficient (Wildman–Crippen LogP) is 2.80. The van der Waals surface area contributed by atoms with E-state index in [9.17, 15) is 9.18 Å². The van der Waals surface area contributed by atoms with Crippen molar-refractivity contribution in [2.75, 3.05) is 23.9 Å². The molecule has 2 nitrogen and oxygen atoms in total. The number of rotatable bonds is 5. The molecule has 0 aliphatic rings. The fourth-order valence-electron chi connectivity index (χ4n) is 1.24. The lowest BCUT2D eigenvalue weighted by molar-refractivity contribution is 0.102. The van der Waals surface area contributed by atoms with E-state index in [2.05, 4.69) is 5.32 Å². The van der Waals surface area contributed by atoms with Crippen molar-refractivity contribution < 1.29 is 9.18 Å². The van der Waals surface area contributed by atoms with Gasteiger partial charge in [-0.2, -0.15) is 11.8 Å². The van der Waals surface area contributed by atoms with E-state index in [1.54, 1.807) is 18.8 Å². The molecule has 0 unspecified atom stereocenters. The summed E-state index contributed by atoms with van der Waals surface area (Å²) in [6, 6.07) is 4.17. The summed E-state index contributed by atoms with van der Waals surface area (Å²) in [7, 11) is 1.68. The van der Waals surface area contributed by atoms with Crippen LogP contribution in [0.1, 0.15) is 17.3 Å². The number of carbonyl (C=O) groups is 1. The van der Waals surface area contributed by atoms with Gasteiger partial charge in [0.15, 0.2) is 5.78 Å². The van der Waals surface area contributed by atoms with Crippen molar-refractivity contribution in [3.8, 4) is 0 Å². The highest BCUT2D eigenvalue weighted by Crippen LogP contribution is 2.18. The second kappa shape index (κ2) is 5.75. The van der Waals surface area contributed by atoms with E-state index < -0.39 is 0 Å². The van der Waals surface area contributed by atoms with Gasteiger partial charge in [0.25, 0.3) is 0 Å². The van der Waals surface area contributed by atoms with E-state index in [-0.39, 0.29) is 11.6 Å². The Morgan fingerprint density at radius 3 is 2.87 bits per heavy atom. The zero-order valence-corrected chi connectivity index (χ0v) is 9.66. The number of halogens is 1. The summed E-state index contributed by atoms with van der Waals surface area (Å²) < 4.78 is 12.9. The monoisotopic (exact) mass is 227 g/mol. The molecule has 1 rings (SSSR count). The number of nitrogens with one attached hydrogen (secondary N) is 1. The van der Waals surface area contributed by atoms with Crippen molar-refractivity contribution in [1.82, 2.24) is 0 Å². The highest BCUT2D eigenvalue weighted by molar-refractivity contribution is 7.99. The fraction of sp³-hybridized carbons (Fsp3) is 0.364. The van der Waals surface area contributed by atoms with E-state index >= 15 is 0 Å². The van der Waals surface area contributed by atoms with E-state index in [1.165, 1.54) is 18.2 Å². The Morgan fingerprint density at radius 1 is 1.53 bits per heavy atom. The molecule has 0 fully saturated rings. The van der Waals surface area contributed by atoms with Gasteiger partial charge < -0.3 is 5.32 Å². The van der Waals surface area contributed by atoms with Crippen LogP contribution in [-0.4, -0.2) is 24.3 Å². The van der Waals surface area contributed by atoms with Gasteiger partial charge in [0.05, 0.1) is 5.75 Å². The molecular weight excluding hydrogens is 213 g/mol. The lowest BCUT2D eigenvalue weighted by Gasteiger charge is -2.07. The lowest BCUT2D eigenvalue weighted by atomic mass is 10.1. The Hall–Kier alpha value is -1.03. The molecule has 0 spiro atoms. The van der Waals surface area contributed by atoms with E-state index in [0.29, 0.717) is 17.0 Å². The lowest BCUT2D eigenvalue weighted by Crippen LogP contribution is -2.07. The Morgan fingerprint density at radius 2 is 2.27 bits per heavy atom. The second-order valence-corrected chi connectivity index (χ2v) is 4.27. The molecule has 0 saturated heterocycles. The van der Waals surface area contributed by atoms with Crippen molar-refractivity contribution >= 4 is 23.2 Å². The summed E-state index contributed by atoms with van der Waals surface area (Å²) in [6.45, 7) is 2.00. The van der Waals surface area contributed by atoms with Crippen LogP contribution in [0.5, 0.6) is 0 Å². The third-order valence-corrected chi connectivity index (χ3v) is 2.86. The van der Waals surface area contributed by atoms with Crippen LogP contribution in [0, 0.1) is 5.82 Å². The number of Topliss-reactive ketones (excluding diaryl/α,β-unsaturated/α-hetero) is 1. The summed E-state index contributed by atoms with van der Waals surface area (Å²) >= 11 is 1.56. The van der Waals surface area contributed by atoms with E-state index in [1.807, 2.05) is 6.92 Å². The third kappa shape index (κ3) is 3.23. The van der Waals surface area contributed by atoms with Crippen molar-refractivity contribution in [2.45, 2.75) is 6.92 Å². The Labute approximate surface area is 93.3 Å². The molecule has 1 aromatic rings. The first-order chi connectivity index (χ1) is 7.19. The van der Waals surface area contributed by atoms with Gasteiger partial charge in [-0.3, -0.25) is 4.79 Å². The molecule has 0 aliphatic carbocycles. The second-order valence-electron chi connectivity index (χ2n) is 3.00. The van der Waals surface area contributed by atoms with Gasteiger partial charge in [-0.05, 0) is 24.0 Å². The molecule has 0 saturated carbocycles. The van der Waals surface area contributed by atoms with Crippen LogP contribution in [0.25, 0.3) is 0 Å². The quantitative estimate of drug-likeness (QED) is 0.784. The van der Waals surface area contributed by atoms with Crippen LogP contribution >= 0.6 is 11.8 Å². The standard InChI is InChI=1S/C11H14FNOS/c1-3-15-7-11(14)9-5-4-8(12)6-10(9)13-2/h4-6,13H,3,7H2,1-2H3. The minimum absolute atomic E-state index is 0.0335. The molecule has 0 atom stereocenters. The Kier molecular flexibility index (Phi) is 4.62. The van der Waals surface area contributed by atoms with Crippen LogP contribution in [0.3, 0.4) is 0 Å². The number of benzene rings is 1. The predicted molar refractivity (Wildman–Crippen MR) is 63.3 cm³/mol. The van der Waals surface area contributed by atoms with Gasteiger partial charge in [-0.15, -0.1) is 0 Å². The highest BCUT2D eigenvalue weighted by Gasteiger charge is 2.10. The molecule has 0 aliphatic heterocycles. The number of hydrogen-bond acceptors (Lipinski definition) is 3. The van der Waals surface area contributed by atoms with Crippen LogP contribution in [0.4, 0.5) is 10.1 Å². The number of carbonyl (C=O) groups excluding carboxylic acids is 1. The molecule has 4 heteroatoms. The zero-order chi connectivity index (χ0) is 11.3. The Bertz CT molecular complexity index is 354. The minimum Gasteiger partial charge on any atom is -0.387 e. The number of anilines is 1. The molecule has 15 heavy (non-hydrogen) atoms. The topological polar surface area (TPSA) is 29.1 Å². The maximum Gasteiger partial charge on any atom is 0.174 e. The first-order valence-electron chi connectivity index (χ1n) is 4.77. The minimum atomic E-state index is -0.334. The van der Waals surface area contributed by atoms with Gasteiger partial charge in [0, 0.05) is 18.3 Å². The van der Waals surface area contributed by atoms with Crippen LogP contribution in [0.2, 0.25) is 0 Å². The summed E-state index contributed by atoms with van der Waals surface area (Å²) in [5, 5.41) is 2.82.